The first kappa shape index (κ1) is 35.3. The zero-order valence-corrected chi connectivity index (χ0v) is 27.5. The molecule has 2 amide bonds. The van der Waals surface area contributed by atoms with Gasteiger partial charge in [-0.2, -0.15) is 0 Å². The third-order valence-corrected chi connectivity index (χ3v) is 11.0. The van der Waals surface area contributed by atoms with Crippen molar-refractivity contribution in [2.45, 2.75) is 168 Å². The molecular formula is C36H66N2O4. The molecule has 0 aromatic heterocycles. The summed E-state index contributed by atoms with van der Waals surface area (Å²) in [4.78, 5) is 24.2. The molecule has 5 aliphatic carbocycles. The Balaban J connectivity index is 0.000000235. The molecule has 0 aliphatic heterocycles. The summed E-state index contributed by atoms with van der Waals surface area (Å²) in [5, 5.41) is 14.9. The van der Waals surface area contributed by atoms with Gasteiger partial charge in [-0.25, -0.2) is 0 Å². The molecule has 0 atom stereocenters. The number of unbranched alkanes of at least 4 members (excludes halogenated alkanes) is 8. The van der Waals surface area contributed by atoms with Crippen molar-refractivity contribution in [1.82, 2.24) is 10.6 Å². The van der Waals surface area contributed by atoms with E-state index in [9.17, 15) is 9.59 Å². The van der Waals surface area contributed by atoms with E-state index in [4.69, 9.17) is 9.84 Å². The minimum absolute atomic E-state index is 0.276. The van der Waals surface area contributed by atoms with Gasteiger partial charge in [-0.1, -0.05) is 38.5 Å². The molecule has 244 valence electrons. The molecule has 5 fully saturated rings. The molecule has 0 aromatic rings. The number of aliphatic hydroxyl groups is 1. The van der Waals surface area contributed by atoms with Crippen LogP contribution in [0.1, 0.15) is 162 Å². The van der Waals surface area contributed by atoms with Gasteiger partial charge in [0.25, 0.3) is 0 Å². The van der Waals surface area contributed by atoms with Gasteiger partial charge in [-0.3, -0.25) is 9.59 Å². The van der Waals surface area contributed by atoms with Gasteiger partial charge in [0.15, 0.2) is 0 Å². The Morgan fingerprint density at radius 2 is 1.12 bits per heavy atom. The molecule has 5 rings (SSSR count). The number of hydrogen-bond acceptors (Lipinski definition) is 4. The number of nitrogens with one attached hydrogen (secondary N) is 2. The van der Waals surface area contributed by atoms with Gasteiger partial charge in [0.1, 0.15) is 0 Å². The molecule has 0 heterocycles. The molecule has 6 heteroatoms. The second kappa shape index (κ2) is 19.3. The minimum atomic E-state index is 0.276. The van der Waals surface area contributed by atoms with Crippen LogP contribution >= 0.6 is 0 Å². The maximum atomic E-state index is 12.2. The van der Waals surface area contributed by atoms with E-state index in [2.05, 4.69) is 24.5 Å². The van der Waals surface area contributed by atoms with E-state index in [1.807, 2.05) is 0 Å². The van der Waals surface area contributed by atoms with Crippen molar-refractivity contribution >= 4 is 11.8 Å². The summed E-state index contributed by atoms with van der Waals surface area (Å²) in [5.74, 6) is 2.48. The number of hydrogen-bond donors (Lipinski definition) is 3. The van der Waals surface area contributed by atoms with Gasteiger partial charge in [0.05, 0.1) is 6.10 Å². The second-order valence-electron chi connectivity index (χ2n) is 14.9. The van der Waals surface area contributed by atoms with Gasteiger partial charge < -0.3 is 20.5 Å². The zero-order chi connectivity index (χ0) is 30.1. The highest BCUT2D eigenvalue weighted by molar-refractivity contribution is 5.77. The number of carbonyl (C=O) groups excluding carboxylic acids is 2. The van der Waals surface area contributed by atoms with Crippen LogP contribution in [0.4, 0.5) is 0 Å². The number of carbonyl (C=O) groups is 2. The molecule has 0 spiro atoms. The summed E-state index contributed by atoms with van der Waals surface area (Å²) in [6.07, 6.45) is 27.9. The third-order valence-electron chi connectivity index (χ3n) is 11.0. The van der Waals surface area contributed by atoms with Crippen molar-refractivity contribution < 1.29 is 19.4 Å². The van der Waals surface area contributed by atoms with Crippen molar-refractivity contribution in [3.8, 4) is 0 Å². The van der Waals surface area contributed by atoms with Crippen LogP contribution in [0.5, 0.6) is 0 Å². The summed E-state index contributed by atoms with van der Waals surface area (Å²) >= 11 is 0. The van der Waals surface area contributed by atoms with E-state index in [1.54, 1.807) is 0 Å². The molecule has 4 bridgehead atoms. The fourth-order valence-corrected chi connectivity index (χ4v) is 8.27. The lowest BCUT2D eigenvalue weighted by Crippen LogP contribution is -2.39. The van der Waals surface area contributed by atoms with E-state index < -0.39 is 0 Å². The topological polar surface area (TPSA) is 87.7 Å². The van der Waals surface area contributed by atoms with Crippen LogP contribution in [0.3, 0.4) is 0 Å². The van der Waals surface area contributed by atoms with Crippen LogP contribution < -0.4 is 10.6 Å². The van der Waals surface area contributed by atoms with E-state index >= 15 is 0 Å². The Kier molecular flexibility index (Phi) is 16.2. The molecule has 0 saturated heterocycles. The zero-order valence-electron chi connectivity index (χ0n) is 27.5. The smallest absolute Gasteiger partial charge is 0.220 e. The first-order valence-corrected chi connectivity index (χ1v) is 18.1. The predicted molar refractivity (Wildman–Crippen MR) is 172 cm³/mol. The van der Waals surface area contributed by atoms with Crippen molar-refractivity contribution in [2.24, 2.45) is 22.7 Å². The highest BCUT2D eigenvalue weighted by Gasteiger charge is 2.45. The SMILES string of the molecule is CC(C)OCCCCCCCNC(=O)CC12CCC(CC1)CC2.O=C(CC12CCC(CC1)C2)NCCCCCCCO. The quantitative estimate of drug-likeness (QED) is 0.126. The minimum Gasteiger partial charge on any atom is -0.396 e. The van der Waals surface area contributed by atoms with Crippen LogP contribution in [0.15, 0.2) is 0 Å². The average molecular weight is 591 g/mol. The summed E-state index contributed by atoms with van der Waals surface area (Å²) in [7, 11) is 0. The lowest BCUT2D eigenvalue weighted by atomic mass is 9.59. The molecule has 0 aromatic carbocycles. The first-order chi connectivity index (χ1) is 20.3. The number of fused-ring (bicyclic) bond motifs is 5. The van der Waals surface area contributed by atoms with Crippen LogP contribution in [0.2, 0.25) is 0 Å². The lowest BCUT2D eigenvalue weighted by molar-refractivity contribution is -0.125. The number of aliphatic hydroxyl groups excluding tert-OH is 1. The maximum Gasteiger partial charge on any atom is 0.220 e. The highest BCUT2D eigenvalue weighted by atomic mass is 16.5. The Labute approximate surface area is 258 Å². The molecule has 5 saturated carbocycles. The van der Waals surface area contributed by atoms with Gasteiger partial charge in [0.2, 0.25) is 11.8 Å². The van der Waals surface area contributed by atoms with Crippen molar-refractivity contribution in [3.63, 3.8) is 0 Å². The first-order valence-electron chi connectivity index (χ1n) is 18.1. The monoisotopic (exact) mass is 591 g/mol. The summed E-state index contributed by atoms with van der Waals surface area (Å²) in [6.45, 7) is 7.05. The molecule has 0 radical (unpaired) electrons. The van der Waals surface area contributed by atoms with Crippen molar-refractivity contribution in [2.75, 3.05) is 26.3 Å². The van der Waals surface area contributed by atoms with E-state index in [0.717, 1.165) is 82.9 Å². The van der Waals surface area contributed by atoms with E-state index in [0.29, 0.717) is 29.4 Å². The molecular weight excluding hydrogens is 524 g/mol. The largest absolute Gasteiger partial charge is 0.396 e. The Hall–Kier alpha value is -1.14. The van der Waals surface area contributed by atoms with Crippen LogP contribution in [0, 0.1) is 22.7 Å². The summed E-state index contributed by atoms with van der Waals surface area (Å²) in [5.41, 5.74) is 0.755. The summed E-state index contributed by atoms with van der Waals surface area (Å²) < 4.78 is 5.54. The molecule has 0 unspecified atom stereocenters. The lowest BCUT2D eigenvalue weighted by Gasteiger charge is -2.46. The van der Waals surface area contributed by atoms with Gasteiger partial charge in [0, 0.05) is 39.1 Å². The van der Waals surface area contributed by atoms with E-state index in [1.165, 1.54) is 96.3 Å². The van der Waals surface area contributed by atoms with Crippen molar-refractivity contribution in [3.05, 3.63) is 0 Å². The van der Waals surface area contributed by atoms with E-state index in [-0.39, 0.29) is 5.91 Å². The van der Waals surface area contributed by atoms with Crippen LogP contribution in [0.25, 0.3) is 0 Å². The fourth-order valence-electron chi connectivity index (χ4n) is 8.27. The predicted octanol–water partition coefficient (Wildman–Crippen LogP) is 7.85. The number of ether oxygens (including phenoxy) is 1. The molecule has 42 heavy (non-hydrogen) atoms. The Bertz CT molecular complexity index is 740. The van der Waals surface area contributed by atoms with Gasteiger partial charge in [-0.15, -0.1) is 0 Å². The Morgan fingerprint density at radius 1 is 0.667 bits per heavy atom. The van der Waals surface area contributed by atoms with Gasteiger partial charge in [-0.05, 0) is 133 Å². The molecule has 5 aliphatic rings. The molecule has 6 nitrogen and oxygen atoms in total. The normalized spacial score (nSPS) is 27.6. The van der Waals surface area contributed by atoms with Gasteiger partial charge >= 0.3 is 0 Å². The fraction of sp³-hybridized carbons (Fsp3) is 0.944. The number of rotatable bonds is 20. The Morgan fingerprint density at radius 3 is 1.62 bits per heavy atom. The number of amides is 2. The highest BCUT2D eigenvalue weighted by Crippen LogP contribution is 2.56. The van der Waals surface area contributed by atoms with Crippen LogP contribution in [-0.2, 0) is 14.3 Å². The maximum absolute atomic E-state index is 12.2. The molecule has 3 N–H and O–H groups in total. The average Bonchev–Trinajstić information content (AvgIpc) is 3.57. The van der Waals surface area contributed by atoms with Crippen LogP contribution in [-0.4, -0.2) is 49.3 Å². The van der Waals surface area contributed by atoms with Crippen molar-refractivity contribution in [1.29, 1.82) is 0 Å². The third kappa shape index (κ3) is 13.2. The second-order valence-corrected chi connectivity index (χ2v) is 14.9. The standard InChI is InChI=1S/C20H37NO2.C16H29NO2/c1-17(2)23-15-7-5-3-4-6-14-21-19(22)16-20-11-8-18(9-12-20)10-13-20;18-11-5-3-1-2-4-10-17-15(19)13-16-8-6-14(12-16)7-9-16/h17-18H,3-16H2,1-2H3,(H,21,22);14,18H,1-13H2,(H,17,19). The summed E-state index contributed by atoms with van der Waals surface area (Å²) in [6, 6.07) is 0.